The largest absolute Gasteiger partial charge is 0.350 e. The van der Waals surface area contributed by atoms with E-state index in [2.05, 4.69) is 10.3 Å². The molecule has 8 nitrogen and oxygen atoms in total. The molecule has 0 saturated carbocycles. The Balaban J connectivity index is 1.29. The van der Waals surface area contributed by atoms with Crippen molar-refractivity contribution in [2.24, 2.45) is 0 Å². The number of nitro benzene ring substituents is 1. The second-order valence-electron chi connectivity index (χ2n) is 8.19. The number of piperidine rings is 1. The van der Waals surface area contributed by atoms with E-state index in [1.165, 1.54) is 6.07 Å². The van der Waals surface area contributed by atoms with Gasteiger partial charge in [-0.15, -0.1) is 0 Å². The summed E-state index contributed by atoms with van der Waals surface area (Å²) in [4.78, 5) is 34.1. The maximum atomic E-state index is 13.1. The number of amides is 1. The fourth-order valence-corrected chi connectivity index (χ4v) is 4.30. The summed E-state index contributed by atoms with van der Waals surface area (Å²) in [7, 11) is 0. The molecule has 1 fully saturated rings. The molecule has 0 bridgehead atoms. The summed E-state index contributed by atoms with van der Waals surface area (Å²) in [5.41, 5.74) is 3.26. The number of aromatic nitrogens is 2. The van der Waals surface area contributed by atoms with Crippen molar-refractivity contribution >= 4 is 34.0 Å². The number of anilines is 2. The normalized spacial score (nSPS) is 14.4. The molecule has 4 aromatic rings. The molecular formula is C25H23N5O3. The molecule has 1 aliphatic heterocycles. The van der Waals surface area contributed by atoms with Gasteiger partial charge in [-0.3, -0.25) is 14.9 Å². The van der Waals surface area contributed by atoms with Gasteiger partial charge in [-0.1, -0.05) is 30.3 Å². The van der Waals surface area contributed by atoms with Gasteiger partial charge in [0.05, 0.1) is 16.0 Å². The molecule has 0 spiro atoms. The number of carbonyl (C=O) groups excluding carboxylic acids is 1. The average molecular weight is 441 g/mol. The smallest absolute Gasteiger partial charge is 0.293 e. The number of H-pyrrole nitrogens is 1. The molecule has 8 heteroatoms. The number of carbonyl (C=O) groups is 1. The molecule has 2 N–H and O–H groups in total. The van der Waals surface area contributed by atoms with Crippen LogP contribution in [0.2, 0.25) is 0 Å². The van der Waals surface area contributed by atoms with Gasteiger partial charge in [0.1, 0.15) is 11.5 Å². The number of nitro groups is 1. The lowest BCUT2D eigenvalue weighted by molar-refractivity contribution is -0.383. The minimum atomic E-state index is -0.462. The molecule has 33 heavy (non-hydrogen) atoms. The van der Waals surface area contributed by atoms with Crippen molar-refractivity contribution < 1.29 is 9.72 Å². The number of hydrogen-bond donors (Lipinski definition) is 2. The predicted octanol–water partition coefficient (Wildman–Crippen LogP) is 5.23. The first-order valence-corrected chi connectivity index (χ1v) is 10.9. The Kier molecular flexibility index (Phi) is 5.48. The number of benzene rings is 3. The topological polar surface area (TPSA) is 104 Å². The summed E-state index contributed by atoms with van der Waals surface area (Å²) < 4.78 is 0. The second-order valence-corrected chi connectivity index (χ2v) is 8.19. The lowest BCUT2D eigenvalue weighted by Crippen LogP contribution is -2.38. The summed E-state index contributed by atoms with van der Waals surface area (Å²) in [6, 6.07) is 21.8. The van der Waals surface area contributed by atoms with Crippen LogP contribution in [0.25, 0.3) is 11.0 Å². The molecule has 166 valence electrons. The van der Waals surface area contributed by atoms with E-state index in [1.807, 2.05) is 54.6 Å². The quantitative estimate of drug-likeness (QED) is 0.326. The van der Waals surface area contributed by atoms with Crippen molar-refractivity contribution in [3.05, 3.63) is 94.3 Å². The molecular weight excluding hydrogens is 418 g/mol. The lowest BCUT2D eigenvalue weighted by Gasteiger charge is -2.31. The monoisotopic (exact) mass is 441 g/mol. The molecule has 2 heterocycles. The molecule has 5 rings (SSSR count). The van der Waals surface area contributed by atoms with Crippen LogP contribution < -0.4 is 5.32 Å². The van der Waals surface area contributed by atoms with E-state index < -0.39 is 4.92 Å². The summed E-state index contributed by atoms with van der Waals surface area (Å²) in [5, 5.41) is 14.7. The molecule has 0 unspecified atom stereocenters. The number of imidazole rings is 1. The molecule has 0 aliphatic carbocycles. The average Bonchev–Trinajstić information content (AvgIpc) is 3.29. The van der Waals surface area contributed by atoms with Crippen molar-refractivity contribution in [1.29, 1.82) is 0 Å². The van der Waals surface area contributed by atoms with Crippen LogP contribution in [0.3, 0.4) is 0 Å². The maximum absolute atomic E-state index is 13.1. The summed E-state index contributed by atoms with van der Waals surface area (Å²) in [5.74, 6) is 1.02. The van der Waals surface area contributed by atoms with Crippen molar-refractivity contribution in [1.82, 2.24) is 14.9 Å². The summed E-state index contributed by atoms with van der Waals surface area (Å²) >= 11 is 0. The zero-order chi connectivity index (χ0) is 22.8. The Bertz CT molecular complexity index is 1280. The van der Waals surface area contributed by atoms with Crippen LogP contribution in [0.4, 0.5) is 17.1 Å². The van der Waals surface area contributed by atoms with E-state index in [9.17, 15) is 14.9 Å². The molecule has 3 aromatic carbocycles. The number of fused-ring (bicyclic) bond motifs is 1. The van der Waals surface area contributed by atoms with E-state index in [0.29, 0.717) is 24.3 Å². The number of rotatable bonds is 5. The van der Waals surface area contributed by atoms with Gasteiger partial charge >= 0.3 is 0 Å². The lowest BCUT2D eigenvalue weighted by atomic mass is 9.95. The SMILES string of the molecule is O=C(c1ccc(Nc2ccccc2)c([N+](=O)[O-])c1)N1CCC(c2nc3ccccc3[nH]2)CC1. The van der Waals surface area contributed by atoms with Crippen molar-refractivity contribution in [2.45, 2.75) is 18.8 Å². The number of nitrogens with zero attached hydrogens (tertiary/aromatic N) is 3. The van der Waals surface area contributed by atoms with Gasteiger partial charge in [-0.2, -0.15) is 0 Å². The van der Waals surface area contributed by atoms with Crippen LogP contribution in [0, 0.1) is 10.1 Å². The highest BCUT2D eigenvalue weighted by Crippen LogP contribution is 2.31. The van der Waals surface area contributed by atoms with Crippen molar-refractivity contribution in [3.63, 3.8) is 0 Å². The highest BCUT2D eigenvalue weighted by Gasteiger charge is 2.27. The third kappa shape index (κ3) is 4.27. The van der Waals surface area contributed by atoms with E-state index in [-0.39, 0.29) is 17.5 Å². The fourth-order valence-electron chi connectivity index (χ4n) is 4.30. The third-order valence-electron chi connectivity index (χ3n) is 6.07. The van der Waals surface area contributed by atoms with Crippen LogP contribution in [0.15, 0.2) is 72.8 Å². The summed E-state index contributed by atoms with van der Waals surface area (Å²) in [6.07, 6.45) is 1.59. The number of hydrogen-bond acceptors (Lipinski definition) is 5. The predicted molar refractivity (Wildman–Crippen MR) is 127 cm³/mol. The van der Waals surface area contributed by atoms with Gasteiger partial charge in [0.2, 0.25) is 0 Å². The van der Waals surface area contributed by atoms with Crippen LogP contribution in [-0.4, -0.2) is 38.8 Å². The van der Waals surface area contributed by atoms with Gasteiger partial charge in [-0.05, 0) is 49.2 Å². The molecule has 0 radical (unpaired) electrons. The molecule has 1 aromatic heterocycles. The highest BCUT2D eigenvalue weighted by molar-refractivity contribution is 5.96. The van der Waals surface area contributed by atoms with Gasteiger partial charge in [0.15, 0.2) is 0 Å². The Hall–Kier alpha value is -4.20. The molecule has 1 amide bonds. The highest BCUT2D eigenvalue weighted by atomic mass is 16.6. The van der Waals surface area contributed by atoms with Crippen LogP contribution >= 0.6 is 0 Å². The van der Waals surface area contributed by atoms with Crippen LogP contribution in [0.5, 0.6) is 0 Å². The van der Waals surface area contributed by atoms with Crippen LogP contribution in [-0.2, 0) is 0 Å². The van der Waals surface area contributed by atoms with Crippen LogP contribution in [0.1, 0.15) is 34.9 Å². The number of para-hydroxylation sites is 3. The second kappa shape index (κ2) is 8.74. The Labute approximate surface area is 190 Å². The minimum Gasteiger partial charge on any atom is -0.350 e. The first-order valence-electron chi connectivity index (χ1n) is 10.9. The fraction of sp³-hybridized carbons (Fsp3) is 0.200. The van der Waals surface area contributed by atoms with E-state index in [0.717, 1.165) is 35.4 Å². The Morgan fingerprint density at radius 3 is 2.48 bits per heavy atom. The third-order valence-corrected chi connectivity index (χ3v) is 6.07. The minimum absolute atomic E-state index is 0.123. The molecule has 0 atom stereocenters. The van der Waals surface area contributed by atoms with E-state index in [1.54, 1.807) is 17.0 Å². The summed E-state index contributed by atoms with van der Waals surface area (Å²) in [6.45, 7) is 1.16. The van der Waals surface area contributed by atoms with E-state index in [4.69, 9.17) is 4.98 Å². The van der Waals surface area contributed by atoms with Gasteiger partial charge in [0, 0.05) is 36.3 Å². The maximum Gasteiger partial charge on any atom is 0.293 e. The van der Waals surface area contributed by atoms with Gasteiger partial charge in [-0.25, -0.2) is 4.98 Å². The van der Waals surface area contributed by atoms with Gasteiger partial charge in [0.25, 0.3) is 11.6 Å². The number of nitrogens with one attached hydrogen (secondary N) is 2. The first kappa shape index (κ1) is 20.7. The van der Waals surface area contributed by atoms with Crippen molar-refractivity contribution in [3.8, 4) is 0 Å². The number of likely N-dealkylation sites (tertiary alicyclic amines) is 1. The zero-order valence-electron chi connectivity index (χ0n) is 17.9. The van der Waals surface area contributed by atoms with Gasteiger partial charge < -0.3 is 15.2 Å². The first-order chi connectivity index (χ1) is 16.1. The van der Waals surface area contributed by atoms with Crippen molar-refractivity contribution in [2.75, 3.05) is 18.4 Å². The Morgan fingerprint density at radius 2 is 1.76 bits per heavy atom. The number of aromatic amines is 1. The zero-order valence-corrected chi connectivity index (χ0v) is 17.9. The molecule has 1 saturated heterocycles. The Morgan fingerprint density at radius 1 is 1.03 bits per heavy atom. The molecule has 1 aliphatic rings. The van der Waals surface area contributed by atoms with E-state index >= 15 is 0 Å². The standard InChI is InChI=1S/C25H23N5O3/c31-25(18-10-11-22(23(16-18)30(32)33)26-19-6-2-1-3-7-19)29-14-12-17(13-15-29)24-27-20-8-4-5-9-21(20)28-24/h1-11,16-17,26H,12-15H2,(H,27,28).